The van der Waals surface area contributed by atoms with Crippen LogP contribution in [0.15, 0.2) is 18.2 Å². The average molecular weight is 599 g/mol. The minimum Gasteiger partial charge on any atom is -0.396 e. The number of unbranched alkanes of at least 4 members (excludes halogenated alkanes) is 1. The van der Waals surface area contributed by atoms with Gasteiger partial charge in [-0.15, -0.1) is 0 Å². The molecule has 0 bridgehead atoms. The monoisotopic (exact) mass is 598 g/mol. The summed E-state index contributed by atoms with van der Waals surface area (Å²) in [6.07, 6.45) is 1.29. The van der Waals surface area contributed by atoms with Gasteiger partial charge in [0.2, 0.25) is 0 Å². The smallest absolute Gasteiger partial charge is 0.299 e. The second kappa shape index (κ2) is 14.5. The number of aliphatic hydroxyl groups excluding tert-OH is 1. The molecule has 0 spiro atoms. The summed E-state index contributed by atoms with van der Waals surface area (Å²) in [4.78, 5) is 35.6. The molecular formula is C21H34N4O12S2. The zero-order valence-electron chi connectivity index (χ0n) is 22.1. The Bertz CT molecular complexity index is 1240. The molecule has 0 aliphatic rings. The van der Waals surface area contributed by atoms with Gasteiger partial charge in [0, 0.05) is 38.7 Å². The lowest BCUT2D eigenvalue weighted by molar-refractivity contribution is -0.393. The summed E-state index contributed by atoms with van der Waals surface area (Å²) in [6.45, 7) is 2.44. The summed E-state index contributed by atoms with van der Waals surface area (Å²) in [6, 6.07) is 2.95. The van der Waals surface area contributed by atoms with Crippen LogP contribution in [0.2, 0.25) is 0 Å². The number of nitrogens with zero attached hydrogens (tertiary/aromatic N) is 3. The standard InChI is InChI=1S/C21H34N4O12S2/c1-16(36-38(3,32)33)9-12-23(18-8-7-17(24(28)29)15-19(18)25(30)31)13-10-21(2,37-39(4,34)35)20(27)22-11-5-6-14-26/h7-8,15-16,26H,5-6,9-14H2,1-4H3,(H,22,27). The summed E-state index contributed by atoms with van der Waals surface area (Å²) in [5.74, 6) is -0.780. The maximum absolute atomic E-state index is 12.9. The lowest BCUT2D eigenvalue weighted by Gasteiger charge is -2.32. The first-order chi connectivity index (χ1) is 17.9. The number of amides is 1. The molecular weight excluding hydrogens is 564 g/mol. The summed E-state index contributed by atoms with van der Waals surface area (Å²) in [5, 5.41) is 34.4. The van der Waals surface area contributed by atoms with E-state index in [9.17, 15) is 41.9 Å². The van der Waals surface area contributed by atoms with Crippen molar-refractivity contribution < 1.29 is 44.9 Å². The van der Waals surface area contributed by atoms with E-state index >= 15 is 0 Å². The highest BCUT2D eigenvalue weighted by Crippen LogP contribution is 2.33. The molecule has 0 radical (unpaired) electrons. The fraction of sp³-hybridized carbons (Fsp3) is 0.667. The summed E-state index contributed by atoms with van der Waals surface area (Å²) in [7, 11) is -7.96. The van der Waals surface area contributed by atoms with Crippen LogP contribution >= 0.6 is 0 Å². The third-order valence-corrected chi connectivity index (χ3v) is 6.75. The summed E-state index contributed by atoms with van der Waals surface area (Å²) in [5.41, 5.74) is -3.19. The van der Waals surface area contributed by atoms with Gasteiger partial charge in [-0.1, -0.05) is 0 Å². The normalized spacial score (nSPS) is 14.3. The average Bonchev–Trinajstić information content (AvgIpc) is 2.79. The molecule has 2 N–H and O–H groups in total. The van der Waals surface area contributed by atoms with E-state index in [2.05, 4.69) is 5.32 Å². The molecule has 1 aromatic carbocycles. The summed E-state index contributed by atoms with van der Waals surface area (Å²) < 4.78 is 56.9. The fourth-order valence-corrected chi connectivity index (χ4v) is 5.10. The highest BCUT2D eigenvalue weighted by Gasteiger charge is 2.39. The molecule has 0 saturated carbocycles. The van der Waals surface area contributed by atoms with Gasteiger partial charge >= 0.3 is 0 Å². The molecule has 222 valence electrons. The largest absolute Gasteiger partial charge is 0.396 e. The van der Waals surface area contributed by atoms with Gasteiger partial charge in [-0.05, 0) is 39.2 Å². The Morgan fingerprint density at radius 3 is 2.26 bits per heavy atom. The zero-order chi connectivity index (χ0) is 30.0. The first-order valence-corrected chi connectivity index (χ1v) is 15.4. The molecule has 16 nitrogen and oxygen atoms in total. The minimum absolute atomic E-state index is 0.0260. The molecule has 0 fully saturated rings. The predicted molar refractivity (Wildman–Crippen MR) is 140 cm³/mol. The number of carbonyl (C=O) groups is 1. The van der Waals surface area contributed by atoms with Crippen LogP contribution in [0, 0.1) is 20.2 Å². The Morgan fingerprint density at radius 1 is 1.10 bits per heavy atom. The quantitative estimate of drug-likeness (QED) is 0.104. The Hall–Kier alpha value is -2.93. The van der Waals surface area contributed by atoms with Crippen molar-refractivity contribution >= 4 is 43.2 Å². The Morgan fingerprint density at radius 2 is 1.74 bits per heavy atom. The van der Waals surface area contributed by atoms with Crippen molar-refractivity contribution in [3.05, 3.63) is 38.4 Å². The van der Waals surface area contributed by atoms with E-state index in [4.69, 9.17) is 13.5 Å². The number of aliphatic hydroxyl groups is 1. The lowest BCUT2D eigenvalue weighted by Crippen LogP contribution is -2.50. The topological polar surface area (TPSA) is 226 Å². The maximum Gasteiger partial charge on any atom is 0.299 e. The number of carbonyl (C=O) groups excluding carboxylic acids is 1. The minimum atomic E-state index is -4.15. The number of nitrogens with one attached hydrogen (secondary N) is 1. The molecule has 39 heavy (non-hydrogen) atoms. The van der Waals surface area contributed by atoms with Crippen molar-refractivity contribution in [2.45, 2.75) is 51.2 Å². The second-order valence-electron chi connectivity index (χ2n) is 9.03. The van der Waals surface area contributed by atoms with Crippen molar-refractivity contribution in [3.63, 3.8) is 0 Å². The van der Waals surface area contributed by atoms with Crippen LogP contribution in [0.5, 0.6) is 0 Å². The van der Waals surface area contributed by atoms with Crippen molar-refractivity contribution in [2.24, 2.45) is 0 Å². The van der Waals surface area contributed by atoms with Gasteiger partial charge in [0.1, 0.15) is 5.69 Å². The van der Waals surface area contributed by atoms with Gasteiger partial charge in [-0.2, -0.15) is 16.8 Å². The zero-order valence-corrected chi connectivity index (χ0v) is 23.7. The van der Waals surface area contributed by atoms with Gasteiger partial charge in [0.25, 0.3) is 37.5 Å². The van der Waals surface area contributed by atoms with Crippen molar-refractivity contribution in [1.29, 1.82) is 0 Å². The molecule has 2 atom stereocenters. The number of nitro groups is 2. The van der Waals surface area contributed by atoms with E-state index in [0.29, 0.717) is 12.8 Å². The Balaban J connectivity index is 3.38. The molecule has 0 aliphatic heterocycles. The lowest BCUT2D eigenvalue weighted by atomic mass is 10.00. The van der Waals surface area contributed by atoms with E-state index in [0.717, 1.165) is 30.7 Å². The second-order valence-corrected chi connectivity index (χ2v) is 12.2. The number of non-ortho nitro benzene ring substituents is 1. The highest BCUT2D eigenvalue weighted by atomic mass is 32.2. The van der Waals surface area contributed by atoms with Crippen LogP contribution in [-0.4, -0.2) is 88.2 Å². The van der Waals surface area contributed by atoms with Gasteiger partial charge < -0.3 is 15.3 Å². The Labute approximate surface area is 226 Å². The third-order valence-electron chi connectivity index (χ3n) is 5.40. The van der Waals surface area contributed by atoms with Crippen LogP contribution in [0.25, 0.3) is 0 Å². The maximum atomic E-state index is 12.9. The van der Waals surface area contributed by atoms with E-state index in [-0.39, 0.29) is 44.8 Å². The summed E-state index contributed by atoms with van der Waals surface area (Å²) >= 11 is 0. The molecule has 1 rings (SSSR count). The Kier molecular flexibility index (Phi) is 12.6. The molecule has 18 heteroatoms. The molecule has 0 aromatic heterocycles. The van der Waals surface area contributed by atoms with E-state index in [1.807, 2.05) is 0 Å². The molecule has 1 aromatic rings. The molecule has 2 unspecified atom stereocenters. The van der Waals surface area contributed by atoms with Crippen LogP contribution < -0.4 is 10.2 Å². The number of anilines is 1. The number of hydrogen-bond donors (Lipinski definition) is 2. The van der Waals surface area contributed by atoms with Crippen LogP contribution in [-0.2, 0) is 33.4 Å². The van der Waals surface area contributed by atoms with Crippen LogP contribution in [0.3, 0.4) is 0 Å². The molecule has 0 heterocycles. The van der Waals surface area contributed by atoms with Gasteiger partial charge in [0.15, 0.2) is 5.60 Å². The molecule has 1 amide bonds. The predicted octanol–water partition coefficient (Wildman–Crippen LogP) is 1.08. The van der Waals surface area contributed by atoms with E-state index in [1.54, 1.807) is 0 Å². The fourth-order valence-electron chi connectivity index (χ4n) is 3.58. The first-order valence-electron chi connectivity index (χ1n) is 11.7. The van der Waals surface area contributed by atoms with Gasteiger partial charge in [-0.3, -0.25) is 33.4 Å². The van der Waals surface area contributed by atoms with E-state index in [1.165, 1.54) is 18.7 Å². The molecule has 0 saturated heterocycles. The van der Waals surface area contributed by atoms with Crippen molar-refractivity contribution in [1.82, 2.24) is 5.32 Å². The number of benzene rings is 1. The van der Waals surface area contributed by atoms with Crippen LogP contribution in [0.4, 0.5) is 17.1 Å². The SMILES string of the molecule is CC(CCN(CCC(C)(OS(C)(=O)=O)C(=O)NCCCCO)c1ccc([N+](=O)[O-])cc1[N+](=O)[O-])OS(C)(=O)=O. The molecule has 0 aliphatic carbocycles. The van der Waals surface area contributed by atoms with Crippen molar-refractivity contribution in [3.8, 4) is 0 Å². The van der Waals surface area contributed by atoms with E-state index < -0.39 is 59.1 Å². The number of nitro benzene ring substituents is 2. The van der Waals surface area contributed by atoms with Crippen molar-refractivity contribution in [2.75, 3.05) is 43.7 Å². The van der Waals surface area contributed by atoms with Gasteiger partial charge in [-0.25, -0.2) is 0 Å². The highest BCUT2D eigenvalue weighted by molar-refractivity contribution is 7.86. The first kappa shape index (κ1) is 34.1. The van der Waals surface area contributed by atoms with Crippen LogP contribution in [0.1, 0.15) is 39.5 Å². The van der Waals surface area contributed by atoms with Gasteiger partial charge in [0.05, 0.1) is 34.5 Å². The number of rotatable bonds is 18. The number of hydrogen-bond acceptors (Lipinski definition) is 13. The third kappa shape index (κ3) is 12.2.